The number of hydrogen-bond acceptors (Lipinski definition) is 5. The minimum atomic E-state index is -0.492. The molecule has 0 aliphatic carbocycles. The first kappa shape index (κ1) is 21.1. The number of para-hydroxylation sites is 2. The van der Waals surface area contributed by atoms with Gasteiger partial charge in [0.25, 0.3) is 0 Å². The van der Waals surface area contributed by atoms with Crippen LogP contribution in [0.15, 0.2) is 24.3 Å². The van der Waals surface area contributed by atoms with Crippen molar-refractivity contribution < 1.29 is 14.3 Å². The van der Waals surface area contributed by atoms with Gasteiger partial charge in [-0.05, 0) is 45.1 Å². The van der Waals surface area contributed by atoms with Crippen molar-refractivity contribution in [3.63, 3.8) is 0 Å². The third kappa shape index (κ3) is 6.78. The minimum Gasteiger partial charge on any atom is -0.495 e. The lowest BCUT2D eigenvalue weighted by molar-refractivity contribution is 0.0529. The Morgan fingerprint density at radius 3 is 2.37 bits per heavy atom. The highest BCUT2D eigenvalue weighted by Crippen LogP contribution is 2.28. The van der Waals surface area contributed by atoms with Gasteiger partial charge in [0.1, 0.15) is 11.4 Å². The summed E-state index contributed by atoms with van der Waals surface area (Å²) in [6, 6.07) is 8.05. The van der Waals surface area contributed by atoms with Crippen molar-refractivity contribution in [2.24, 2.45) is 0 Å². The van der Waals surface area contributed by atoms with Crippen molar-refractivity contribution in [2.75, 3.05) is 51.3 Å². The summed E-state index contributed by atoms with van der Waals surface area (Å²) in [7, 11) is 1.69. The second-order valence-corrected chi connectivity index (χ2v) is 7.69. The maximum atomic E-state index is 11.6. The molecule has 1 amide bonds. The van der Waals surface area contributed by atoms with Crippen molar-refractivity contribution in [3.05, 3.63) is 24.3 Å². The molecule has 150 valence electrons. The maximum absolute atomic E-state index is 11.6. The number of carbonyl (C=O) groups excluding carboxylic acids is 1. The highest BCUT2D eigenvalue weighted by molar-refractivity contribution is 7.80. The number of alkyl carbamates (subject to hydrolysis) is 1. The van der Waals surface area contributed by atoms with Crippen LogP contribution in [-0.4, -0.2) is 68.1 Å². The molecule has 1 aliphatic heterocycles. The Kier molecular flexibility index (Phi) is 7.53. The number of nitrogens with zero attached hydrogens (tertiary/aromatic N) is 2. The van der Waals surface area contributed by atoms with Gasteiger partial charge in [-0.3, -0.25) is 0 Å². The quantitative estimate of drug-likeness (QED) is 0.586. The second-order valence-electron chi connectivity index (χ2n) is 7.31. The van der Waals surface area contributed by atoms with Gasteiger partial charge in [-0.1, -0.05) is 12.1 Å². The van der Waals surface area contributed by atoms with Gasteiger partial charge in [-0.15, -0.1) is 0 Å². The summed E-state index contributed by atoms with van der Waals surface area (Å²) in [6.07, 6.45) is -0.416. The number of anilines is 1. The number of benzene rings is 1. The molecule has 1 fully saturated rings. The molecule has 1 aromatic rings. The second kappa shape index (κ2) is 9.64. The fourth-order valence-electron chi connectivity index (χ4n) is 2.80. The fraction of sp³-hybridized carbons (Fsp3) is 0.579. The molecule has 7 nitrogen and oxygen atoms in total. The molecule has 0 aromatic heterocycles. The average molecular weight is 395 g/mol. The Labute approximate surface area is 167 Å². The van der Waals surface area contributed by atoms with Gasteiger partial charge in [0.05, 0.1) is 12.8 Å². The number of amides is 1. The molecule has 1 saturated heterocycles. The molecule has 1 aliphatic rings. The minimum absolute atomic E-state index is 0.416. The summed E-state index contributed by atoms with van der Waals surface area (Å²) < 4.78 is 10.6. The van der Waals surface area contributed by atoms with Gasteiger partial charge >= 0.3 is 6.09 Å². The predicted octanol–water partition coefficient (Wildman–Crippen LogP) is 2.22. The molecule has 2 N–H and O–H groups in total. The van der Waals surface area contributed by atoms with Crippen molar-refractivity contribution in [1.29, 1.82) is 0 Å². The Morgan fingerprint density at radius 2 is 1.74 bits per heavy atom. The van der Waals surface area contributed by atoms with E-state index in [2.05, 4.69) is 26.5 Å². The zero-order chi connectivity index (χ0) is 19.9. The Bertz CT molecular complexity index is 640. The Balaban J connectivity index is 1.70. The zero-order valence-corrected chi connectivity index (χ0v) is 17.4. The Morgan fingerprint density at radius 1 is 1.11 bits per heavy atom. The van der Waals surface area contributed by atoms with E-state index in [4.69, 9.17) is 21.7 Å². The molecule has 0 bridgehead atoms. The summed E-state index contributed by atoms with van der Waals surface area (Å²) >= 11 is 5.47. The summed E-state index contributed by atoms with van der Waals surface area (Å²) in [5.74, 6) is 0.889. The van der Waals surface area contributed by atoms with E-state index in [0.29, 0.717) is 18.2 Å². The van der Waals surface area contributed by atoms with Crippen LogP contribution in [0, 0.1) is 0 Å². The van der Waals surface area contributed by atoms with E-state index < -0.39 is 11.7 Å². The number of piperazine rings is 1. The third-order valence-electron chi connectivity index (χ3n) is 4.06. The van der Waals surface area contributed by atoms with Crippen molar-refractivity contribution in [3.8, 4) is 5.75 Å². The van der Waals surface area contributed by atoms with E-state index in [9.17, 15) is 4.79 Å². The van der Waals surface area contributed by atoms with Crippen LogP contribution in [0.2, 0.25) is 0 Å². The molecular formula is C19H30N4O3S. The highest BCUT2D eigenvalue weighted by Gasteiger charge is 2.21. The van der Waals surface area contributed by atoms with Gasteiger partial charge in [-0.2, -0.15) is 0 Å². The molecule has 0 atom stereocenters. The van der Waals surface area contributed by atoms with Crippen LogP contribution in [0.4, 0.5) is 10.5 Å². The monoisotopic (exact) mass is 394 g/mol. The number of thiocarbonyl (C=S) groups is 1. The number of nitrogens with one attached hydrogen (secondary N) is 2. The van der Waals surface area contributed by atoms with E-state index in [1.54, 1.807) is 7.11 Å². The van der Waals surface area contributed by atoms with Gasteiger partial charge in [-0.25, -0.2) is 4.79 Å². The van der Waals surface area contributed by atoms with Gasteiger partial charge in [0.15, 0.2) is 5.11 Å². The topological polar surface area (TPSA) is 66.1 Å². The van der Waals surface area contributed by atoms with Crippen LogP contribution >= 0.6 is 12.2 Å². The third-order valence-corrected chi connectivity index (χ3v) is 4.46. The van der Waals surface area contributed by atoms with Gasteiger partial charge in [0.2, 0.25) is 0 Å². The number of hydrogen-bond donors (Lipinski definition) is 2. The highest BCUT2D eigenvalue weighted by atomic mass is 32.1. The molecule has 0 unspecified atom stereocenters. The molecule has 27 heavy (non-hydrogen) atoms. The lowest BCUT2D eigenvalue weighted by Crippen LogP contribution is -2.52. The van der Waals surface area contributed by atoms with E-state index >= 15 is 0 Å². The normalized spacial score (nSPS) is 14.5. The van der Waals surface area contributed by atoms with Crippen LogP contribution in [0.25, 0.3) is 0 Å². The average Bonchev–Trinajstić information content (AvgIpc) is 2.63. The molecule has 1 aromatic carbocycles. The standard InChI is InChI=1S/C19H30N4O3S/c1-19(2,3)26-18(24)21-10-9-20-17(27)23-13-11-22(12-14-23)15-7-5-6-8-16(15)25-4/h5-8H,9-14H2,1-4H3,(H,20,27)(H,21,24). The molecule has 8 heteroatoms. The van der Waals surface area contributed by atoms with E-state index in [1.807, 2.05) is 39.0 Å². The molecule has 2 rings (SSSR count). The summed E-state index contributed by atoms with van der Waals surface area (Å²) in [5, 5.41) is 6.62. The summed E-state index contributed by atoms with van der Waals surface area (Å²) in [5.41, 5.74) is 0.619. The summed E-state index contributed by atoms with van der Waals surface area (Å²) in [4.78, 5) is 16.1. The smallest absolute Gasteiger partial charge is 0.407 e. The fourth-order valence-corrected chi connectivity index (χ4v) is 3.09. The van der Waals surface area contributed by atoms with E-state index in [1.165, 1.54) is 0 Å². The zero-order valence-electron chi connectivity index (χ0n) is 16.6. The summed E-state index contributed by atoms with van der Waals surface area (Å²) in [6.45, 7) is 9.95. The van der Waals surface area contributed by atoms with Gasteiger partial charge < -0.3 is 29.9 Å². The number of methoxy groups -OCH3 is 1. The first-order chi connectivity index (χ1) is 12.8. The van der Waals surface area contributed by atoms with E-state index in [0.717, 1.165) is 37.6 Å². The largest absolute Gasteiger partial charge is 0.495 e. The van der Waals surface area contributed by atoms with Crippen LogP contribution < -0.4 is 20.3 Å². The van der Waals surface area contributed by atoms with Crippen molar-refractivity contribution >= 4 is 29.1 Å². The predicted molar refractivity (Wildman–Crippen MR) is 112 cm³/mol. The maximum Gasteiger partial charge on any atom is 0.407 e. The first-order valence-corrected chi connectivity index (χ1v) is 9.58. The molecule has 0 saturated carbocycles. The Hall–Kier alpha value is -2.22. The molecule has 0 spiro atoms. The molecule has 1 heterocycles. The van der Waals surface area contributed by atoms with Crippen molar-refractivity contribution in [2.45, 2.75) is 26.4 Å². The SMILES string of the molecule is COc1ccccc1N1CCN(C(=S)NCCNC(=O)OC(C)(C)C)CC1. The lowest BCUT2D eigenvalue weighted by Gasteiger charge is -2.37. The van der Waals surface area contributed by atoms with Crippen LogP contribution in [0.3, 0.4) is 0 Å². The number of carbonyl (C=O) groups is 1. The lowest BCUT2D eigenvalue weighted by atomic mass is 10.2. The van der Waals surface area contributed by atoms with E-state index in [-0.39, 0.29) is 0 Å². The van der Waals surface area contributed by atoms with Crippen LogP contribution in [0.1, 0.15) is 20.8 Å². The van der Waals surface area contributed by atoms with Gasteiger partial charge in [0, 0.05) is 39.3 Å². The number of rotatable bonds is 5. The first-order valence-electron chi connectivity index (χ1n) is 9.18. The molecular weight excluding hydrogens is 364 g/mol. The molecule has 0 radical (unpaired) electrons. The number of ether oxygens (including phenoxy) is 2. The van der Waals surface area contributed by atoms with Crippen LogP contribution in [0.5, 0.6) is 5.75 Å². The van der Waals surface area contributed by atoms with Crippen molar-refractivity contribution in [1.82, 2.24) is 15.5 Å². The van der Waals surface area contributed by atoms with Crippen LogP contribution in [-0.2, 0) is 4.74 Å².